The van der Waals surface area contributed by atoms with Gasteiger partial charge in [0.25, 0.3) is 0 Å². The summed E-state index contributed by atoms with van der Waals surface area (Å²) < 4.78 is 13.6. The van der Waals surface area contributed by atoms with Crippen LogP contribution in [0.1, 0.15) is 37.2 Å². The average molecular weight is 438 g/mol. The van der Waals surface area contributed by atoms with Crippen LogP contribution in [0.4, 0.5) is 9.18 Å². The highest BCUT2D eigenvalue weighted by Gasteiger charge is 2.54. The normalized spacial score (nSPS) is 25.4. The van der Waals surface area contributed by atoms with Gasteiger partial charge in [-0.15, -0.1) is 0 Å². The first-order valence-electron chi connectivity index (χ1n) is 11.4. The summed E-state index contributed by atoms with van der Waals surface area (Å²) in [5.41, 5.74) is 2.71. The maximum absolute atomic E-state index is 13.6. The lowest BCUT2D eigenvalue weighted by Crippen LogP contribution is -2.74. The molecule has 5 rings (SSSR count). The third-order valence-electron chi connectivity index (χ3n) is 7.18. The molecule has 2 saturated heterocycles. The van der Waals surface area contributed by atoms with Crippen LogP contribution in [0.15, 0.2) is 48.5 Å². The van der Waals surface area contributed by atoms with E-state index in [9.17, 15) is 19.1 Å². The SMILES string of the molecule is O=C(NC1CCCC1)N1CC(=O)N2[C@H](C1)[C@H](c1ccc(-c3cccc(F)c3)cc1)[C@@H]2CO. The quantitative estimate of drug-likeness (QED) is 0.772. The second-order valence-electron chi connectivity index (χ2n) is 9.09. The third kappa shape index (κ3) is 3.75. The van der Waals surface area contributed by atoms with Gasteiger partial charge in [-0.25, -0.2) is 9.18 Å². The van der Waals surface area contributed by atoms with Crippen molar-refractivity contribution in [3.8, 4) is 11.1 Å². The summed E-state index contributed by atoms with van der Waals surface area (Å²) in [6.45, 7) is 0.390. The van der Waals surface area contributed by atoms with Gasteiger partial charge in [-0.2, -0.15) is 0 Å². The van der Waals surface area contributed by atoms with E-state index >= 15 is 0 Å². The van der Waals surface area contributed by atoms with E-state index in [1.807, 2.05) is 30.3 Å². The van der Waals surface area contributed by atoms with Crippen molar-refractivity contribution in [2.75, 3.05) is 19.7 Å². The van der Waals surface area contributed by atoms with Crippen molar-refractivity contribution in [2.45, 2.75) is 49.7 Å². The molecule has 168 valence electrons. The number of piperazine rings is 1. The van der Waals surface area contributed by atoms with Gasteiger partial charge in [0, 0.05) is 18.5 Å². The summed E-state index contributed by atoms with van der Waals surface area (Å²) in [4.78, 5) is 28.9. The number of urea groups is 1. The second-order valence-corrected chi connectivity index (χ2v) is 9.09. The number of halogens is 1. The molecule has 1 aliphatic carbocycles. The number of aliphatic hydroxyl groups excluding tert-OH is 1. The number of nitrogens with one attached hydrogen (secondary N) is 1. The van der Waals surface area contributed by atoms with Gasteiger partial charge in [0.2, 0.25) is 5.91 Å². The smallest absolute Gasteiger partial charge is 0.318 e. The van der Waals surface area contributed by atoms with Crippen LogP contribution < -0.4 is 5.32 Å². The molecule has 6 nitrogen and oxygen atoms in total. The van der Waals surface area contributed by atoms with Gasteiger partial charge in [0.1, 0.15) is 12.4 Å². The topological polar surface area (TPSA) is 72.9 Å². The molecule has 3 fully saturated rings. The standard InChI is InChI=1S/C25H28FN3O3/c26-19-5-3-4-18(12-19)16-8-10-17(11-9-16)24-21-13-28(14-23(31)29(21)22(24)15-30)25(32)27-20-6-1-2-7-20/h3-5,8-12,20-22,24,30H,1-2,6-7,13-15H2,(H,27,32)/t21-,22+,24+/m1/s1. The minimum absolute atomic E-state index is 0.0485. The Morgan fingerprint density at radius 3 is 2.53 bits per heavy atom. The summed E-state index contributed by atoms with van der Waals surface area (Å²) in [7, 11) is 0. The van der Waals surface area contributed by atoms with Gasteiger partial charge < -0.3 is 20.2 Å². The summed E-state index contributed by atoms with van der Waals surface area (Å²) in [5, 5.41) is 13.0. The van der Waals surface area contributed by atoms with E-state index in [0.717, 1.165) is 42.4 Å². The number of hydrogen-bond acceptors (Lipinski definition) is 3. The fourth-order valence-electron chi connectivity index (χ4n) is 5.56. The molecule has 2 heterocycles. The molecule has 2 aromatic rings. The fourth-order valence-corrected chi connectivity index (χ4v) is 5.56. The Morgan fingerprint density at radius 2 is 1.84 bits per heavy atom. The summed E-state index contributed by atoms with van der Waals surface area (Å²) in [6.07, 6.45) is 4.25. The predicted molar refractivity (Wildman–Crippen MR) is 118 cm³/mol. The van der Waals surface area contributed by atoms with Crippen LogP contribution in [-0.2, 0) is 4.79 Å². The predicted octanol–water partition coefficient (Wildman–Crippen LogP) is 3.12. The van der Waals surface area contributed by atoms with Crippen molar-refractivity contribution < 1.29 is 19.1 Å². The molecule has 2 aromatic carbocycles. The van der Waals surface area contributed by atoms with Crippen molar-refractivity contribution in [1.82, 2.24) is 15.1 Å². The number of benzene rings is 2. The highest BCUT2D eigenvalue weighted by Crippen LogP contribution is 2.43. The van der Waals surface area contributed by atoms with Gasteiger partial charge in [-0.3, -0.25) is 4.79 Å². The highest BCUT2D eigenvalue weighted by molar-refractivity contribution is 5.87. The van der Waals surface area contributed by atoms with Crippen molar-refractivity contribution in [2.24, 2.45) is 0 Å². The molecule has 7 heteroatoms. The van der Waals surface area contributed by atoms with E-state index < -0.39 is 0 Å². The molecule has 3 amide bonds. The van der Waals surface area contributed by atoms with Gasteiger partial charge in [0.05, 0.1) is 18.7 Å². The molecular weight excluding hydrogens is 409 g/mol. The number of nitrogens with zero attached hydrogens (tertiary/aromatic N) is 2. The Kier molecular flexibility index (Phi) is 5.59. The number of rotatable bonds is 4. The molecule has 2 N–H and O–H groups in total. The lowest BCUT2D eigenvalue weighted by molar-refractivity contribution is -0.159. The largest absolute Gasteiger partial charge is 0.394 e. The van der Waals surface area contributed by atoms with E-state index in [-0.39, 0.29) is 55.0 Å². The van der Waals surface area contributed by atoms with E-state index in [2.05, 4.69) is 5.32 Å². The molecule has 3 atom stereocenters. The van der Waals surface area contributed by atoms with Crippen molar-refractivity contribution >= 4 is 11.9 Å². The molecule has 0 radical (unpaired) electrons. The Hall–Kier alpha value is -2.93. The molecular formula is C25H28FN3O3. The molecule has 0 bridgehead atoms. The fraction of sp³-hybridized carbons (Fsp3) is 0.440. The Balaban J connectivity index is 1.33. The second kappa shape index (κ2) is 8.54. The first kappa shape index (κ1) is 20.9. The van der Waals surface area contributed by atoms with Crippen LogP contribution in [0.3, 0.4) is 0 Å². The zero-order valence-electron chi connectivity index (χ0n) is 17.9. The number of amides is 3. The molecule has 3 aliphatic rings. The molecule has 32 heavy (non-hydrogen) atoms. The Morgan fingerprint density at radius 1 is 1.09 bits per heavy atom. The maximum Gasteiger partial charge on any atom is 0.318 e. The van der Waals surface area contributed by atoms with Crippen LogP contribution >= 0.6 is 0 Å². The molecule has 1 saturated carbocycles. The molecule has 0 unspecified atom stereocenters. The first-order valence-corrected chi connectivity index (χ1v) is 11.4. The van der Waals surface area contributed by atoms with Crippen LogP contribution in [0, 0.1) is 5.82 Å². The van der Waals surface area contributed by atoms with E-state index in [1.54, 1.807) is 15.9 Å². The van der Waals surface area contributed by atoms with E-state index in [4.69, 9.17) is 0 Å². The molecule has 0 aromatic heterocycles. The van der Waals surface area contributed by atoms with Gasteiger partial charge in [-0.1, -0.05) is 49.2 Å². The number of fused-ring (bicyclic) bond motifs is 1. The Bertz CT molecular complexity index is 1010. The summed E-state index contributed by atoms with van der Waals surface area (Å²) in [5.74, 6) is -0.444. The average Bonchev–Trinajstić information content (AvgIpc) is 3.28. The summed E-state index contributed by atoms with van der Waals surface area (Å²) >= 11 is 0. The van der Waals surface area contributed by atoms with Crippen molar-refractivity contribution in [1.29, 1.82) is 0 Å². The zero-order valence-corrected chi connectivity index (χ0v) is 17.9. The number of hydrogen-bond donors (Lipinski definition) is 2. The van der Waals surface area contributed by atoms with E-state index in [0.29, 0.717) is 6.54 Å². The highest BCUT2D eigenvalue weighted by atomic mass is 19.1. The Labute approximate surface area is 187 Å². The lowest BCUT2D eigenvalue weighted by atomic mass is 9.73. The number of carbonyl (C=O) groups excluding carboxylic acids is 2. The van der Waals surface area contributed by atoms with Gasteiger partial charge in [0.15, 0.2) is 0 Å². The van der Waals surface area contributed by atoms with Crippen LogP contribution in [-0.4, -0.2) is 64.7 Å². The monoisotopic (exact) mass is 437 g/mol. The van der Waals surface area contributed by atoms with Crippen molar-refractivity contribution in [3.63, 3.8) is 0 Å². The van der Waals surface area contributed by atoms with Crippen LogP contribution in [0.25, 0.3) is 11.1 Å². The zero-order chi connectivity index (χ0) is 22.2. The van der Waals surface area contributed by atoms with Gasteiger partial charge >= 0.3 is 6.03 Å². The number of carbonyl (C=O) groups is 2. The number of aliphatic hydroxyl groups is 1. The maximum atomic E-state index is 13.6. The molecule has 0 spiro atoms. The minimum Gasteiger partial charge on any atom is -0.394 e. The van der Waals surface area contributed by atoms with Crippen molar-refractivity contribution in [3.05, 3.63) is 59.9 Å². The first-order chi connectivity index (χ1) is 15.5. The lowest BCUT2D eigenvalue weighted by Gasteiger charge is -2.58. The molecule has 2 aliphatic heterocycles. The van der Waals surface area contributed by atoms with E-state index in [1.165, 1.54) is 12.1 Å². The van der Waals surface area contributed by atoms with Crippen LogP contribution in [0.2, 0.25) is 0 Å². The summed E-state index contributed by atoms with van der Waals surface area (Å²) in [6, 6.07) is 13.9. The van der Waals surface area contributed by atoms with Crippen LogP contribution in [0.5, 0.6) is 0 Å². The van der Waals surface area contributed by atoms with Gasteiger partial charge in [-0.05, 0) is 41.7 Å². The third-order valence-corrected chi connectivity index (χ3v) is 7.18. The minimum atomic E-state index is -0.285.